The van der Waals surface area contributed by atoms with Gasteiger partial charge in [-0.15, -0.1) is 0 Å². The standard InChI is InChI=1S/C5H4N2O4.C4H12N/c8-3-1-2(4(9)10)6-5(11)7-3;1-5(2,3)4/h1H,(H,9,10)(H2,6,7,8,11);1-4H3/q;+1/p-1. The first kappa shape index (κ1) is 14.1. The lowest BCUT2D eigenvalue weighted by Gasteiger charge is -2.14. The number of carboxylic acids is 1. The third-order valence-corrected chi connectivity index (χ3v) is 0.980. The molecule has 0 atom stereocenters. The summed E-state index contributed by atoms with van der Waals surface area (Å²) in [4.78, 5) is 34.6. The average molecular weight is 229 g/mol. The Kier molecular flexibility index (Phi) is 4.64. The summed E-state index contributed by atoms with van der Waals surface area (Å²) in [6, 6.07) is 0.733. The second-order valence-corrected chi connectivity index (χ2v) is 4.47. The Hall–Kier alpha value is -1.89. The second-order valence-electron chi connectivity index (χ2n) is 4.47. The van der Waals surface area contributed by atoms with Gasteiger partial charge in [0, 0.05) is 6.07 Å². The van der Waals surface area contributed by atoms with Crippen molar-refractivity contribution in [1.29, 1.82) is 0 Å². The third-order valence-electron chi connectivity index (χ3n) is 0.980. The van der Waals surface area contributed by atoms with E-state index in [0.717, 1.165) is 10.5 Å². The first-order valence-electron chi connectivity index (χ1n) is 4.43. The molecule has 1 rings (SSSR count). The first-order chi connectivity index (χ1) is 7.09. The Morgan fingerprint density at radius 3 is 1.94 bits per heavy atom. The highest BCUT2D eigenvalue weighted by molar-refractivity contribution is 5.82. The van der Waals surface area contributed by atoms with Crippen molar-refractivity contribution in [2.45, 2.75) is 0 Å². The zero-order valence-electron chi connectivity index (χ0n) is 9.66. The number of aromatic amines is 2. The van der Waals surface area contributed by atoms with Crippen molar-refractivity contribution in [3.63, 3.8) is 0 Å². The number of carbonyl (C=O) groups is 1. The Morgan fingerprint density at radius 1 is 1.19 bits per heavy atom. The van der Waals surface area contributed by atoms with Crippen LogP contribution in [0.25, 0.3) is 0 Å². The minimum Gasteiger partial charge on any atom is -0.543 e. The molecule has 1 heterocycles. The Morgan fingerprint density at radius 2 is 1.62 bits per heavy atom. The number of aromatic carboxylic acids is 1. The van der Waals surface area contributed by atoms with Crippen LogP contribution in [0, 0.1) is 0 Å². The number of hydrogen-bond acceptors (Lipinski definition) is 4. The minimum atomic E-state index is -1.59. The van der Waals surface area contributed by atoms with Crippen molar-refractivity contribution in [2.24, 2.45) is 0 Å². The lowest BCUT2D eigenvalue weighted by Crippen LogP contribution is -2.31. The first-order valence-corrected chi connectivity index (χ1v) is 4.43. The van der Waals surface area contributed by atoms with Gasteiger partial charge in [-0.05, 0) is 0 Å². The molecule has 7 heteroatoms. The van der Waals surface area contributed by atoms with Crippen LogP contribution in [0.5, 0.6) is 0 Å². The number of aromatic nitrogens is 2. The molecule has 0 saturated carbocycles. The fourth-order valence-corrected chi connectivity index (χ4v) is 0.579. The van der Waals surface area contributed by atoms with E-state index in [-0.39, 0.29) is 0 Å². The fraction of sp³-hybridized carbons (Fsp3) is 0.444. The minimum absolute atomic E-state index is 0.529. The average Bonchev–Trinajstić information content (AvgIpc) is 1.98. The van der Waals surface area contributed by atoms with Crippen molar-refractivity contribution in [2.75, 3.05) is 28.2 Å². The van der Waals surface area contributed by atoms with Gasteiger partial charge in [-0.25, -0.2) is 4.79 Å². The van der Waals surface area contributed by atoms with Crippen molar-refractivity contribution < 1.29 is 14.4 Å². The Balaban J connectivity index is 0.000000385. The number of nitrogens with one attached hydrogen (secondary N) is 2. The Bertz CT molecular complexity index is 432. The fourth-order valence-electron chi connectivity index (χ4n) is 0.579. The van der Waals surface area contributed by atoms with Gasteiger partial charge in [0.2, 0.25) is 0 Å². The van der Waals surface area contributed by atoms with Crippen LogP contribution in [0.15, 0.2) is 15.7 Å². The maximum Gasteiger partial charge on any atom is 0.326 e. The molecule has 90 valence electrons. The van der Waals surface area contributed by atoms with Crippen LogP contribution in [0.3, 0.4) is 0 Å². The highest BCUT2D eigenvalue weighted by atomic mass is 16.4. The molecule has 0 radical (unpaired) electrons. The second kappa shape index (κ2) is 5.26. The van der Waals surface area contributed by atoms with Gasteiger partial charge in [0.1, 0.15) is 0 Å². The Labute approximate surface area is 91.9 Å². The number of carboxylic acid groups (broad SMARTS) is 1. The molecule has 0 aromatic carbocycles. The summed E-state index contributed by atoms with van der Waals surface area (Å²) < 4.78 is 1.00. The van der Waals surface area contributed by atoms with Crippen LogP contribution in [-0.2, 0) is 0 Å². The summed E-state index contributed by atoms with van der Waals surface area (Å²) in [5, 5.41) is 10.1. The molecule has 0 aliphatic carbocycles. The van der Waals surface area contributed by atoms with Gasteiger partial charge in [-0.2, -0.15) is 0 Å². The lowest BCUT2D eigenvalue weighted by atomic mass is 10.4. The topological polar surface area (TPSA) is 106 Å². The smallest absolute Gasteiger partial charge is 0.326 e. The van der Waals surface area contributed by atoms with Crippen molar-refractivity contribution in [3.8, 4) is 0 Å². The molecule has 0 amide bonds. The van der Waals surface area contributed by atoms with Crippen molar-refractivity contribution >= 4 is 5.97 Å². The van der Waals surface area contributed by atoms with Crippen LogP contribution >= 0.6 is 0 Å². The molecule has 1 aromatic heterocycles. The van der Waals surface area contributed by atoms with Gasteiger partial charge >= 0.3 is 5.69 Å². The predicted octanol–water partition coefficient (Wildman–Crippen LogP) is -2.25. The molecule has 0 spiro atoms. The molecule has 0 bridgehead atoms. The van der Waals surface area contributed by atoms with Crippen molar-refractivity contribution in [1.82, 2.24) is 9.97 Å². The van der Waals surface area contributed by atoms with Gasteiger partial charge in [0.05, 0.1) is 39.9 Å². The molecule has 2 N–H and O–H groups in total. The maximum absolute atomic E-state index is 10.4. The summed E-state index contributed by atoms with van der Waals surface area (Å²) in [6.07, 6.45) is 0. The third kappa shape index (κ3) is 7.51. The molecular weight excluding hydrogens is 214 g/mol. The molecule has 0 fully saturated rings. The van der Waals surface area contributed by atoms with Gasteiger partial charge in [-0.3, -0.25) is 9.78 Å². The van der Waals surface area contributed by atoms with E-state index in [2.05, 4.69) is 28.2 Å². The van der Waals surface area contributed by atoms with Crippen LogP contribution in [-0.4, -0.2) is 48.6 Å². The quantitative estimate of drug-likeness (QED) is 0.530. The molecule has 0 saturated heterocycles. The monoisotopic (exact) mass is 229 g/mol. The van der Waals surface area contributed by atoms with Gasteiger partial charge in [0.25, 0.3) is 5.56 Å². The summed E-state index contributed by atoms with van der Waals surface area (Å²) in [5.41, 5.74) is -2.16. The molecule has 0 unspecified atom stereocenters. The summed E-state index contributed by atoms with van der Waals surface area (Å²) in [6.45, 7) is 0. The molecule has 0 aliphatic heterocycles. The lowest BCUT2D eigenvalue weighted by molar-refractivity contribution is -0.849. The molecule has 16 heavy (non-hydrogen) atoms. The van der Waals surface area contributed by atoms with Crippen LogP contribution in [0.1, 0.15) is 10.5 Å². The largest absolute Gasteiger partial charge is 0.543 e. The molecule has 1 aromatic rings. The molecule has 0 aliphatic rings. The zero-order chi connectivity index (χ0) is 12.9. The zero-order valence-corrected chi connectivity index (χ0v) is 9.66. The summed E-state index contributed by atoms with van der Waals surface area (Å²) >= 11 is 0. The normalized spacial score (nSPS) is 10.2. The van der Waals surface area contributed by atoms with E-state index in [1.165, 1.54) is 0 Å². The maximum atomic E-state index is 10.4. The van der Waals surface area contributed by atoms with E-state index in [0.29, 0.717) is 0 Å². The van der Waals surface area contributed by atoms with E-state index in [1.54, 1.807) is 0 Å². The van der Waals surface area contributed by atoms with E-state index >= 15 is 0 Å². The SMILES string of the molecule is C[N+](C)(C)C.O=C([O-])c1cc(=O)[nH]c(=O)[nH]1. The van der Waals surface area contributed by atoms with E-state index in [1.807, 2.05) is 9.97 Å². The number of quaternary nitrogens is 1. The number of rotatable bonds is 1. The highest BCUT2D eigenvalue weighted by Crippen LogP contribution is 1.78. The van der Waals surface area contributed by atoms with E-state index in [4.69, 9.17) is 0 Å². The highest BCUT2D eigenvalue weighted by Gasteiger charge is 1.95. The summed E-state index contributed by atoms with van der Waals surface area (Å²) in [7, 11) is 8.50. The van der Waals surface area contributed by atoms with Gasteiger partial charge in [0.15, 0.2) is 0 Å². The van der Waals surface area contributed by atoms with Crippen molar-refractivity contribution in [3.05, 3.63) is 32.6 Å². The van der Waals surface area contributed by atoms with Crippen LogP contribution in [0.2, 0.25) is 0 Å². The number of H-pyrrole nitrogens is 2. The molecular formula is C9H15N3O4. The number of hydrogen-bond donors (Lipinski definition) is 2. The summed E-state index contributed by atoms with van der Waals surface area (Å²) in [5.74, 6) is -1.59. The van der Waals surface area contributed by atoms with Crippen LogP contribution in [0.4, 0.5) is 0 Å². The van der Waals surface area contributed by atoms with E-state index < -0.39 is 22.9 Å². The predicted molar refractivity (Wildman–Crippen MR) is 56.0 cm³/mol. The van der Waals surface area contributed by atoms with Gasteiger partial charge in [-0.1, -0.05) is 0 Å². The van der Waals surface area contributed by atoms with Gasteiger partial charge < -0.3 is 19.4 Å². The molecule has 7 nitrogen and oxygen atoms in total. The number of nitrogens with zero attached hydrogens (tertiary/aromatic N) is 1. The number of carbonyl (C=O) groups excluding carboxylic acids is 1. The van der Waals surface area contributed by atoms with Crippen LogP contribution < -0.4 is 16.4 Å². The van der Waals surface area contributed by atoms with E-state index in [9.17, 15) is 19.5 Å².